The third kappa shape index (κ3) is 6.35. The molecule has 4 rings (SSSR count). The molecular weight excluding hydrogens is 516 g/mol. The van der Waals surface area contributed by atoms with Crippen molar-refractivity contribution in [1.29, 1.82) is 0 Å². The van der Waals surface area contributed by atoms with Gasteiger partial charge in [0.2, 0.25) is 10.0 Å². The smallest absolute Gasteiger partial charge is 0.258 e. The average molecular weight is 551 g/mol. The lowest BCUT2D eigenvalue weighted by atomic mass is 9.99. The lowest BCUT2D eigenvalue weighted by molar-refractivity contribution is -0.110. The van der Waals surface area contributed by atoms with E-state index < -0.39 is 10.0 Å². The Morgan fingerprint density at radius 2 is 1.59 bits per heavy atom. The van der Waals surface area contributed by atoms with Gasteiger partial charge >= 0.3 is 0 Å². The SMILES string of the molecule is CCOc1cc2c(cc1OCC)/C(=C(/Nc1ccc(N(CCNC)S(C)(=O)=O)cc1)c1ccccc1)C(=O)N2. The molecule has 10 heteroatoms. The van der Waals surface area contributed by atoms with Crippen LogP contribution in [0.1, 0.15) is 25.0 Å². The molecule has 3 aromatic rings. The maximum Gasteiger partial charge on any atom is 0.258 e. The van der Waals surface area contributed by atoms with Crippen molar-refractivity contribution in [2.24, 2.45) is 0 Å². The number of rotatable bonds is 12. The largest absolute Gasteiger partial charge is 0.490 e. The molecule has 0 fully saturated rings. The number of nitrogens with zero attached hydrogens (tertiary/aromatic N) is 1. The zero-order valence-corrected chi connectivity index (χ0v) is 23.4. The van der Waals surface area contributed by atoms with Crippen LogP contribution < -0.4 is 29.7 Å². The van der Waals surface area contributed by atoms with E-state index in [1.54, 1.807) is 37.4 Å². The van der Waals surface area contributed by atoms with Crippen LogP contribution in [0.25, 0.3) is 11.3 Å². The quantitative estimate of drug-likeness (QED) is 0.287. The fraction of sp³-hybridized carbons (Fsp3) is 0.276. The van der Waals surface area contributed by atoms with Crippen molar-refractivity contribution in [3.8, 4) is 11.5 Å². The second-order valence-corrected chi connectivity index (χ2v) is 10.8. The molecule has 1 aliphatic heterocycles. The number of amides is 1. The van der Waals surface area contributed by atoms with Crippen LogP contribution in [-0.4, -0.2) is 53.9 Å². The molecule has 0 saturated carbocycles. The van der Waals surface area contributed by atoms with Gasteiger partial charge in [0.05, 0.1) is 42.1 Å². The zero-order valence-electron chi connectivity index (χ0n) is 22.6. The number of hydrogen-bond acceptors (Lipinski definition) is 7. The summed E-state index contributed by atoms with van der Waals surface area (Å²) in [5.41, 5.74) is 4.49. The van der Waals surface area contributed by atoms with Gasteiger partial charge in [0.15, 0.2) is 11.5 Å². The maximum atomic E-state index is 13.4. The van der Waals surface area contributed by atoms with Crippen LogP contribution in [-0.2, 0) is 14.8 Å². The van der Waals surface area contributed by atoms with Gasteiger partial charge in [0.1, 0.15) is 0 Å². The Kier molecular flexibility index (Phi) is 8.78. The van der Waals surface area contributed by atoms with Crippen LogP contribution in [0.15, 0.2) is 66.7 Å². The summed E-state index contributed by atoms with van der Waals surface area (Å²) < 4.78 is 37.7. The second kappa shape index (κ2) is 12.2. The van der Waals surface area contributed by atoms with Gasteiger partial charge in [0, 0.05) is 30.4 Å². The number of sulfonamides is 1. The van der Waals surface area contributed by atoms with Crippen LogP contribution in [0.4, 0.5) is 17.1 Å². The minimum Gasteiger partial charge on any atom is -0.490 e. The van der Waals surface area contributed by atoms with Crippen LogP contribution in [0.3, 0.4) is 0 Å². The molecule has 3 aromatic carbocycles. The molecule has 206 valence electrons. The van der Waals surface area contributed by atoms with E-state index in [1.165, 1.54) is 10.6 Å². The van der Waals surface area contributed by atoms with E-state index >= 15 is 0 Å². The van der Waals surface area contributed by atoms with Gasteiger partial charge in [-0.3, -0.25) is 9.10 Å². The number of fused-ring (bicyclic) bond motifs is 1. The average Bonchev–Trinajstić information content (AvgIpc) is 3.22. The first-order chi connectivity index (χ1) is 18.8. The van der Waals surface area contributed by atoms with Gasteiger partial charge < -0.3 is 25.4 Å². The maximum absolute atomic E-state index is 13.4. The lowest BCUT2D eigenvalue weighted by Gasteiger charge is -2.23. The molecule has 1 heterocycles. The molecule has 9 nitrogen and oxygen atoms in total. The van der Waals surface area contributed by atoms with E-state index in [4.69, 9.17) is 9.47 Å². The van der Waals surface area contributed by atoms with Crippen molar-refractivity contribution in [3.63, 3.8) is 0 Å². The topological polar surface area (TPSA) is 109 Å². The molecule has 0 radical (unpaired) electrons. The van der Waals surface area contributed by atoms with Crippen molar-refractivity contribution in [2.45, 2.75) is 13.8 Å². The minimum absolute atomic E-state index is 0.251. The molecule has 3 N–H and O–H groups in total. The number of carbonyl (C=O) groups is 1. The fourth-order valence-electron chi connectivity index (χ4n) is 4.40. The first-order valence-electron chi connectivity index (χ1n) is 12.8. The molecule has 0 aromatic heterocycles. The van der Waals surface area contributed by atoms with E-state index in [-0.39, 0.29) is 5.91 Å². The third-order valence-corrected chi connectivity index (χ3v) is 7.32. The highest BCUT2D eigenvalue weighted by molar-refractivity contribution is 7.92. The van der Waals surface area contributed by atoms with E-state index in [1.807, 2.05) is 50.2 Å². The Labute approximate surface area is 229 Å². The van der Waals surface area contributed by atoms with Gasteiger partial charge in [-0.2, -0.15) is 0 Å². The number of hydrogen-bond donors (Lipinski definition) is 3. The van der Waals surface area contributed by atoms with Gasteiger partial charge in [0.25, 0.3) is 5.91 Å². The Morgan fingerprint density at radius 3 is 2.18 bits per heavy atom. The van der Waals surface area contributed by atoms with Gasteiger partial charge in [-0.1, -0.05) is 30.3 Å². The molecular formula is C29H34N4O5S. The number of anilines is 3. The number of ether oxygens (including phenoxy) is 2. The van der Waals surface area contributed by atoms with Crippen LogP contribution >= 0.6 is 0 Å². The van der Waals surface area contributed by atoms with E-state index in [0.717, 1.165) is 5.56 Å². The van der Waals surface area contributed by atoms with Crippen molar-refractivity contribution >= 4 is 44.3 Å². The molecule has 0 atom stereocenters. The Morgan fingerprint density at radius 1 is 0.949 bits per heavy atom. The predicted octanol–water partition coefficient (Wildman–Crippen LogP) is 4.40. The summed E-state index contributed by atoms with van der Waals surface area (Å²) in [4.78, 5) is 13.4. The number of carbonyl (C=O) groups excluding carboxylic acids is 1. The molecule has 0 unspecified atom stereocenters. The predicted molar refractivity (Wildman–Crippen MR) is 157 cm³/mol. The molecule has 0 spiro atoms. The fourth-order valence-corrected chi connectivity index (χ4v) is 5.33. The highest BCUT2D eigenvalue weighted by Crippen LogP contribution is 2.43. The summed E-state index contributed by atoms with van der Waals surface area (Å²) in [5.74, 6) is 0.879. The first-order valence-corrected chi connectivity index (χ1v) is 14.7. The lowest BCUT2D eigenvalue weighted by Crippen LogP contribution is -2.35. The molecule has 1 amide bonds. The van der Waals surface area contributed by atoms with Crippen molar-refractivity contribution in [3.05, 3.63) is 77.9 Å². The molecule has 39 heavy (non-hydrogen) atoms. The summed E-state index contributed by atoms with van der Waals surface area (Å²) in [6.45, 7) is 5.53. The Hall–Kier alpha value is -4.02. The number of likely N-dealkylation sites (N-methyl/N-ethyl adjacent to an activating group) is 1. The minimum atomic E-state index is -3.45. The number of nitrogens with one attached hydrogen (secondary N) is 3. The van der Waals surface area contributed by atoms with Gasteiger partial charge in [-0.25, -0.2) is 8.42 Å². The standard InChI is InChI=1S/C29H34N4O5S/c1-5-37-25-18-23-24(19-26(25)38-6-2)32-29(34)27(23)28(20-10-8-7-9-11-20)31-21-12-14-22(15-13-21)33(17-16-30-3)39(4,35)36/h7-15,18-19,30-31H,5-6,16-17H2,1-4H3,(H,32,34)/b28-27-. The summed E-state index contributed by atoms with van der Waals surface area (Å²) in [6, 6.07) is 20.3. The summed E-state index contributed by atoms with van der Waals surface area (Å²) in [5, 5.41) is 9.36. The summed E-state index contributed by atoms with van der Waals surface area (Å²) >= 11 is 0. The van der Waals surface area contributed by atoms with Crippen LogP contribution in [0.2, 0.25) is 0 Å². The van der Waals surface area contributed by atoms with Crippen molar-refractivity contribution in [2.75, 3.05) is 54.5 Å². The van der Waals surface area contributed by atoms with Crippen LogP contribution in [0.5, 0.6) is 11.5 Å². The zero-order chi connectivity index (χ0) is 28.0. The normalized spacial score (nSPS) is 13.9. The third-order valence-electron chi connectivity index (χ3n) is 6.13. The van der Waals surface area contributed by atoms with Gasteiger partial charge in [-0.05, 0) is 56.8 Å². The number of benzene rings is 3. The highest BCUT2D eigenvalue weighted by atomic mass is 32.2. The first kappa shape index (κ1) is 28.0. The highest BCUT2D eigenvalue weighted by Gasteiger charge is 2.30. The Bertz CT molecular complexity index is 1450. The van der Waals surface area contributed by atoms with E-state index in [0.29, 0.717) is 71.7 Å². The second-order valence-electron chi connectivity index (χ2n) is 8.89. The molecule has 0 bridgehead atoms. The molecule has 0 aliphatic carbocycles. The molecule has 1 aliphatic rings. The van der Waals surface area contributed by atoms with Crippen molar-refractivity contribution < 1.29 is 22.7 Å². The summed E-state index contributed by atoms with van der Waals surface area (Å²) in [6.07, 6.45) is 1.19. The van der Waals surface area contributed by atoms with Gasteiger partial charge in [-0.15, -0.1) is 0 Å². The summed E-state index contributed by atoms with van der Waals surface area (Å²) in [7, 11) is -1.67. The monoisotopic (exact) mass is 550 g/mol. The van der Waals surface area contributed by atoms with Crippen LogP contribution in [0, 0.1) is 0 Å². The van der Waals surface area contributed by atoms with E-state index in [2.05, 4.69) is 16.0 Å². The Balaban J connectivity index is 1.78. The van der Waals surface area contributed by atoms with Crippen molar-refractivity contribution in [1.82, 2.24) is 5.32 Å². The molecule has 0 saturated heterocycles. The van der Waals surface area contributed by atoms with E-state index in [9.17, 15) is 13.2 Å².